The van der Waals surface area contributed by atoms with E-state index in [1.54, 1.807) is 25.7 Å². The molecule has 0 saturated carbocycles. The summed E-state index contributed by atoms with van der Waals surface area (Å²) in [7, 11) is 1.72. The van der Waals surface area contributed by atoms with Crippen molar-refractivity contribution in [1.82, 2.24) is 14.9 Å². The van der Waals surface area contributed by atoms with Gasteiger partial charge < -0.3 is 9.64 Å². The van der Waals surface area contributed by atoms with Crippen LogP contribution in [0.4, 0.5) is 0 Å². The highest BCUT2D eigenvalue weighted by molar-refractivity contribution is 5.79. The molecule has 2 aromatic heterocycles. The average molecular weight is 311 g/mol. The monoisotopic (exact) mass is 311 g/mol. The Kier molecular flexibility index (Phi) is 4.98. The molecule has 0 N–H and O–H groups in total. The van der Waals surface area contributed by atoms with Crippen molar-refractivity contribution < 1.29 is 9.53 Å². The van der Waals surface area contributed by atoms with Gasteiger partial charge in [-0.2, -0.15) is 0 Å². The number of hydrogen-bond acceptors (Lipinski definition) is 4. The van der Waals surface area contributed by atoms with Crippen LogP contribution in [-0.2, 0) is 22.4 Å². The van der Waals surface area contributed by atoms with Crippen LogP contribution < -0.4 is 0 Å². The minimum Gasteiger partial charge on any atom is -0.379 e. The highest BCUT2D eigenvalue weighted by atomic mass is 16.5. The van der Waals surface area contributed by atoms with Crippen molar-refractivity contribution in [3.05, 3.63) is 60.2 Å². The summed E-state index contributed by atoms with van der Waals surface area (Å²) in [4.78, 5) is 22.9. The first-order chi connectivity index (χ1) is 11.3. The van der Waals surface area contributed by atoms with Gasteiger partial charge in [-0.25, -0.2) is 0 Å². The Bertz CT molecular complexity index is 633. The highest BCUT2D eigenvalue weighted by Gasteiger charge is 2.37. The summed E-state index contributed by atoms with van der Waals surface area (Å²) >= 11 is 0. The van der Waals surface area contributed by atoms with Gasteiger partial charge in [-0.3, -0.25) is 14.8 Å². The highest BCUT2D eigenvalue weighted by Crippen LogP contribution is 2.24. The topological polar surface area (TPSA) is 55.3 Å². The third kappa shape index (κ3) is 3.74. The number of ether oxygens (including phenoxy) is 1. The van der Waals surface area contributed by atoms with E-state index in [9.17, 15) is 4.79 Å². The van der Waals surface area contributed by atoms with Crippen molar-refractivity contribution in [3.63, 3.8) is 0 Å². The summed E-state index contributed by atoms with van der Waals surface area (Å²) in [5, 5.41) is 0. The maximum absolute atomic E-state index is 12.7. The Balaban J connectivity index is 1.72. The molecule has 1 aliphatic heterocycles. The smallest absolute Gasteiger partial charge is 0.228 e. The van der Waals surface area contributed by atoms with Crippen molar-refractivity contribution in [2.45, 2.75) is 31.4 Å². The first-order valence-electron chi connectivity index (χ1n) is 7.89. The van der Waals surface area contributed by atoms with E-state index in [2.05, 4.69) is 9.97 Å². The number of aromatic nitrogens is 2. The third-order valence-corrected chi connectivity index (χ3v) is 4.36. The van der Waals surface area contributed by atoms with Gasteiger partial charge in [-0.05, 0) is 42.7 Å². The summed E-state index contributed by atoms with van der Waals surface area (Å²) in [5.41, 5.74) is 1.98. The zero-order valence-electron chi connectivity index (χ0n) is 13.3. The number of pyridine rings is 2. The van der Waals surface area contributed by atoms with Crippen LogP contribution in [0.1, 0.15) is 17.7 Å². The van der Waals surface area contributed by atoms with E-state index in [0.29, 0.717) is 6.42 Å². The van der Waals surface area contributed by atoms with Crippen LogP contribution in [0.3, 0.4) is 0 Å². The molecule has 2 atom stereocenters. The third-order valence-electron chi connectivity index (χ3n) is 4.36. The molecule has 1 fully saturated rings. The van der Waals surface area contributed by atoms with E-state index in [0.717, 1.165) is 25.1 Å². The van der Waals surface area contributed by atoms with Gasteiger partial charge in [0.15, 0.2) is 0 Å². The maximum Gasteiger partial charge on any atom is 0.228 e. The molecule has 1 saturated heterocycles. The summed E-state index contributed by atoms with van der Waals surface area (Å²) in [6, 6.07) is 9.71. The Labute approximate surface area is 136 Å². The molecule has 0 aliphatic carbocycles. The van der Waals surface area contributed by atoms with Gasteiger partial charge in [0.1, 0.15) is 0 Å². The minimum atomic E-state index is 0.0682. The molecule has 0 bridgehead atoms. The molecule has 0 unspecified atom stereocenters. The van der Waals surface area contributed by atoms with Crippen molar-refractivity contribution >= 4 is 5.91 Å². The number of carbonyl (C=O) groups is 1. The Morgan fingerprint density at radius 3 is 2.78 bits per heavy atom. The summed E-state index contributed by atoms with van der Waals surface area (Å²) in [5.74, 6) is 0.113. The first-order valence-corrected chi connectivity index (χ1v) is 7.89. The lowest BCUT2D eigenvalue weighted by molar-refractivity contribution is -0.132. The Hall–Kier alpha value is -2.27. The van der Waals surface area contributed by atoms with E-state index >= 15 is 0 Å². The standard InChI is InChI=1S/C18H21N3O2/c1-23-17-7-11-21(16(17)12-14-5-9-19-10-6-14)18(22)13-15-4-2-3-8-20-15/h2-6,8-10,16-17H,7,11-13H2,1H3/t16-,17+/m0/s1. The summed E-state index contributed by atoms with van der Waals surface area (Å²) in [6.45, 7) is 0.736. The molecule has 2 aromatic rings. The van der Waals surface area contributed by atoms with Crippen LogP contribution >= 0.6 is 0 Å². The average Bonchev–Trinajstić information content (AvgIpc) is 2.99. The molecule has 0 aromatic carbocycles. The molecular formula is C18H21N3O2. The lowest BCUT2D eigenvalue weighted by atomic mass is 10.0. The second-order valence-electron chi connectivity index (χ2n) is 5.77. The molecule has 0 spiro atoms. The van der Waals surface area contributed by atoms with E-state index in [1.807, 2.05) is 35.2 Å². The number of likely N-dealkylation sites (tertiary alicyclic amines) is 1. The van der Waals surface area contributed by atoms with Crippen molar-refractivity contribution in [2.75, 3.05) is 13.7 Å². The van der Waals surface area contributed by atoms with Crippen LogP contribution in [0.15, 0.2) is 48.9 Å². The number of nitrogens with zero attached hydrogens (tertiary/aromatic N) is 3. The van der Waals surface area contributed by atoms with Crippen LogP contribution in [0.25, 0.3) is 0 Å². The molecular weight excluding hydrogens is 290 g/mol. The fourth-order valence-electron chi connectivity index (χ4n) is 3.17. The van der Waals surface area contributed by atoms with E-state index < -0.39 is 0 Å². The molecule has 120 valence electrons. The number of rotatable bonds is 5. The first kappa shape index (κ1) is 15.6. The van der Waals surface area contributed by atoms with Crippen LogP contribution in [0, 0.1) is 0 Å². The molecule has 3 heterocycles. The van der Waals surface area contributed by atoms with Gasteiger partial charge in [0.2, 0.25) is 5.91 Å². The van der Waals surface area contributed by atoms with Crippen molar-refractivity contribution in [1.29, 1.82) is 0 Å². The molecule has 1 amide bonds. The zero-order valence-corrected chi connectivity index (χ0v) is 13.3. The van der Waals surface area contributed by atoms with Gasteiger partial charge in [0.05, 0.1) is 18.6 Å². The fourth-order valence-corrected chi connectivity index (χ4v) is 3.17. The SMILES string of the molecule is CO[C@@H]1CCN(C(=O)Cc2ccccn2)[C@H]1Cc1ccncc1. The van der Waals surface area contributed by atoms with E-state index in [4.69, 9.17) is 4.74 Å². The second kappa shape index (κ2) is 7.33. The predicted molar refractivity (Wildman–Crippen MR) is 86.8 cm³/mol. The van der Waals surface area contributed by atoms with Crippen molar-refractivity contribution in [2.24, 2.45) is 0 Å². The Morgan fingerprint density at radius 1 is 1.26 bits per heavy atom. The van der Waals surface area contributed by atoms with Crippen LogP contribution in [-0.4, -0.2) is 46.6 Å². The van der Waals surface area contributed by atoms with Gasteiger partial charge >= 0.3 is 0 Å². The molecule has 23 heavy (non-hydrogen) atoms. The molecule has 5 heteroatoms. The van der Waals surface area contributed by atoms with Gasteiger partial charge in [0, 0.05) is 37.9 Å². The van der Waals surface area contributed by atoms with Gasteiger partial charge in [-0.1, -0.05) is 6.07 Å². The number of amides is 1. The summed E-state index contributed by atoms with van der Waals surface area (Å²) < 4.78 is 5.60. The lowest BCUT2D eigenvalue weighted by Gasteiger charge is -2.27. The summed E-state index contributed by atoms with van der Waals surface area (Å²) in [6.07, 6.45) is 7.37. The van der Waals surface area contributed by atoms with Gasteiger partial charge in [0.25, 0.3) is 0 Å². The molecule has 5 nitrogen and oxygen atoms in total. The largest absolute Gasteiger partial charge is 0.379 e. The lowest BCUT2D eigenvalue weighted by Crippen LogP contribution is -2.42. The number of methoxy groups -OCH3 is 1. The fraction of sp³-hybridized carbons (Fsp3) is 0.389. The van der Waals surface area contributed by atoms with Gasteiger partial charge in [-0.15, -0.1) is 0 Å². The maximum atomic E-state index is 12.7. The number of hydrogen-bond donors (Lipinski definition) is 0. The molecule has 0 radical (unpaired) electrons. The second-order valence-corrected chi connectivity index (χ2v) is 5.77. The Morgan fingerprint density at radius 2 is 2.09 bits per heavy atom. The quantitative estimate of drug-likeness (QED) is 0.846. The predicted octanol–water partition coefficient (Wildman–Crippen LogP) is 1.88. The van der Waals surface area contributed by atoms with Crippen LogP contribution in [0.2, 0.25) is 0 Å². The molecule has 1 aliphatic rings. The van der Waals surface area contributed by atoms with Crippen LogP contribution in [0.5, 0.6) is 0 Å². The normalized spacial score (nSPS) is 20.7. The van der Waals surface area contributed by atoms with E-state index in [-0.39, 0.29) is 18.1 Å². The van der Waals surface area contributed by atoms with E-state index in [1.165, 1.54) is 5.56 Å². The minimum absolute atomic E-state index is 0.0682. The zero-order chi connectivity index (χ0) is 16.1. The van der Waals surface area contributed by atoms with Crippen molar-refractivity contribution in [3.8, 4) is 0 Å². The molecule has 3 rings (SSSR count). The number of carbonyl (C=O) groups excluding carboxylic acids is 1.